The van der Waals surface area contributed by atoms with Crippen LogP contribution in [-0.2, 0) is 6.54 Å². The topological polar surface area (TPSA) is 53.7 Å². The summed E-state index contributed by atoms with van der Waals surface area (Å²) in [6, 6.07) is 9.97. The van der Waals surface area contributed by atoms with E-state index in [4.69, 9.17) is 0 Å². The van der Waals surface area contributed by atoms with Crippen molar-refractivity contribution in [1.29, 1.82) is 0 Å². The summed E-state index contributed by atoms with van der Waals surface area (Å²) < 4.78 is 1.91. The highest BCUT2D eigenvalue weighted by molar-refractivity contribution is 5.95. The molecule has 2 aliphatic heterocycles. The largest absolute Gasteiger partial charge is 0.334 e. The van der Waals surface area contributed by atoms with Gasteiger partial charge >= 0.3 is 0 Å². The molecule has 0 bridgehead atoms. The molecule has 1 amide bonds. The van der Waals surface area contributed by atoms with E-state index < -0.39 is 0 Å². The van der Waals surface area contributed by atoms with Crippen LogP contribution in [0.3, 0.4) is 0 Å². The zero-order valence-corrected chi connectivity index (χ0v) is 14.5. The minimum absolute atomic E-state index is 0.113. The summed E-state index contributed by atoms with van der Waals surface area (Å²) in [4.78, 5) is 14.9. The van der Waals surface area contributed by atoms with Crippen LogP contribution in [0.4, 0.5) is 5.69 Å². The maximum atomic E-state index is 12.9. The molecule has 4 rings (SSSR count). The van der Waals surface area contributed by atoms with Crippen molar-refractivity contribution in [2.45, 2.75) is 38.8 Å². The van der Waals surface area contributed by atoms with Crippen LogP contribution >= 0.6 is 0 Å². The van der Waals surface area contributed by atoms with Gasteiger partial charge in [0, 0.05) is 43.2 Å². The van der Waals surface area contributed by atoms with E-state index in [1.54, 1.807) is 6.20 Å². The summed E-state index contributed by atoms with van der Waals surface area (Å²) in [6.45, 7) is 4.54. The molecule has 2 aromatic rings. The fourth-order valence-corrected chi connectivity index (χ4v) is 3.62. The first-order valence-corrected chi connectivity index (χ1v) is 8.91. The third-order valence-corrected chi connectivity index (χ3v) is 4.98. The van der Waals surface area contributed by atoms with Crippen molar-refractivity contribution >= 4 is 17.3 Å². The number of likely N-dealkylation sites (tertiary alicyclic amines) is 1. The fourth-order valence-electron chi connectivity index (χ4n) is 3.62. The highest BCUT2D eigenvalue weighted by Gasteiger charge is 2.29. The zero-order valence-electron chi connectivity index (χ0n) is 14.5. The van der Waals surface area contributed by atoms with Gasteiger partial charge in [-0.2, -0.15) is 10.2 Å². The Kier molecular flexibility index (Phi) is 4.26. The lowest BCUT2D eigenvalue weighted by atomic mass is 10.1. The molecule has 130 valence electrons. The van der Waals surface area contributed by atoms with Gasteiger partial charge in [0.15, 0.2) is 0 Å². The number of carbonyl (C=O) groups is 1. The number of hydrazone groups is 1. The Morgan fingerprint density at radius 1 is 1.24 bits per heavy atom. The van der Waals surface area contributed by atoms with Gasteiger partial charge in [-0.15, -0.1) is 0 Å². The summed E-state index contributed by atoms with van der Waals surface area (Å²) in [6.07, 6.45) is 6.82. The quantitative estimate of drug-likeness (QED) is 0.862. The zero-order chi connectivity index (χ0) is 17.2. The summed E-state index contributed by atoms with van der Waals surface area (Å²) in [5.74, 6) is 0.113. The molecule has 3 heterocycles. The van der Waals surface area contributed by atoms with Crippen molar-refractivity contribution in [1.82, 2.24) is 14.7 Å². The highest BCUT2D eigenvalue weighted by Crippen LogP contribution is 2.24. The summed E-state index contributed by atoms with van der Waals surface area (Å²) in [5, 5.41) is 10.8. The van der Waals surface area contributed by atoms with Gasteiger partial charge in [0.25, 0.3) is 5.91 Å². The summed E-state index contributed by atoms with van der Waals surface area (Å²) in [5.41, 5.74) is 2.94. The molecule has 0 saturated carbocycles. The van der Waals surface area contributed by atoms with Gasteiger partial charge in [0.05, 0.1) is 18.3 Å². The lowest BCUT2D eigenvalue weighted by Gasteiger charge is -2.25. The van der Waals surface area contributed by atoms with Crippen molar-refractivity contribution in [2.24, 2.45) is 5.10 Å². The standard InChI is InChI=1S/C19H23N5O/c1-15-9-13-24(21-15)17-7-5-16(6-8-17)19(25)23-12-2-4-18(23)14-22-11-3-10-20-22/h3,5-8,10-11,18H,2,4,9,12-14H2,1H3. The van der Waals surface area contributed by atoms with Crippen molar-refractivity contribution in [3.05, 3.63) is 48.3 Å². The third-order valence-electron chi connectivity index (χ3n) is 4.98. The molecular weight excluding hydrogens is 314 g/mol. The molecule has 0 radical (unpaired) electrons. The fraction of sp³-hybridized carbons (Fsp3) is 0.421. The van der Waals surface area contributed by atoms with Crippen LogP contribution in [0.15, 0.2) is 47.8 Å². The smallest absolute Gasteiger partial charge is 0.254 e. The molecular formula is C19H23N5O. The number of amides is 1. The van der Waals surface area contributed by atoms with Gasteiger partial charge in [-0.3, -0.25) is 14.5 Å². The minimum Gasteiger partial charge on any atom is -0.334 e. The number of anilines is 1. The minimum atomic E-state index is 0.113. The van der Waals surface area contributed by atoms with Gasteiger partial charge in [-0.1, -0.05) is 0 Å². The van der Waals surface area contributed by atoms with E-state index in [9.17, 15) is 4.79 Å². The second-order valence-electron chi connectivity index (χ2n) is 6.78. The Morgan fingerprint density at radius 2 is 2.08 bits per heavy atom. The van der Waals surface area contributed by atoms with Crippen molar-refractivity contribution < 1.29 is 4.79 Å². The lowest BCUT2D eigenvalue weighted by molar-refractivity contribution is 0.0721. The molecule has 1 aromatic heterocycles. The predicted molar refractivity (Wildman–Crippen MR) is 97.8 cm³/mol. The molecule has 2 aliphatic rings. The Hall–Kier alpha value is -2.63. The second-order valence-corrected chi connectivity index (χ2v) is 6.78. The molecule has 1 aromatic carbocycles. The molecule has 1 fully saturated rings. The molecule has 6 heteroatoms. The number of benzene rings is 1. The number of rotatable bonds is 4. The first kappa shape index (κ1) is 15.9. The van der Waals surface area contributed by atoms with Gasteiger partial charge < -0.3 is 4.90 Å². The second kappa shape index (κ2) is 6.70. The van der Waals surface area contributed by atoms with Crippen LogP contribution in [0.1, 0.15) is 36.5 Å². The molecule has 0 spiro atoms. The highest BCUT2D eigenvalue weighted by atomic mass is 16.2. The van der Waals surface area contributed by atoms with Crippen LogP contribution in [-0.4, -0.2) is 45.4 Å². The Bertz CT molecular complexity index is 766. The summed E-state index contributed by atoms with van der Waals surface area (Å²) >= 11 is 0. The molecule has 25 heavy (non-hydrogen) atoms. The molecule has 6 nitrogen and oxygen atoms in total. The van der Waals surface area contributed by atoms with E-state index >= 15 is 0 Å². The molecule has 1 atom stereocenters. The van der Waals surface area contributed by atoms with Gasteiger partial charge in [-0.25, -0.2) is 0 Å². The Labute approximate surface area is 147 Å². The Balaban J connectivity index is 1.46. The van der Waals surface area contributed by atoms with Crippen molar-refractivity contribution in [3.63, 3.8) is 0 Å². The first-order chi connectivity index (χ1) is 12.2. The van der Waals surface area contributed by atoms with Crippen LogP contribution in [0.2, 0.25) is 0 Å². The monoisotopic (exact) mass is 337 g/mol. The lowest BCUT2D eigenvalue weighted by Crippen LogP contribution is -2.38. The van der Waals surface area contributed by atoms with Crippen LogP contribution in [0.25, 0.3) is 0 Å². The van der Waals surface area contributed by atoms with Gasteiger partial charge in [0.1, 0.15) is 0 Å². The average Bonchev–Trinajstić information content (AvgIpc) is 3.37. The number of nitrogens with zero attached hydrogens (tertiary/aromatic N) is 5. The molecule has 1 saturated heterocycles. The SMILES string of the molecule is CC1=NN(c2ccc(C(=O)N3CCCC3Cn3cccn3)cc2)CC1. The van der Waals surface area contributed by atoms with Gasteiger partial charge in [-0.05, 0) is 50.1 Å². The molecule has 0 N–H and O–H groups in total. The van der Waals surface area contributed by atoms with E-state index in [0.717, 1.165) is 55.9 Å². The Morgan fingerprint density at radius 3 is 2.76 bits per heavy atom. The maximum absolute atomic E-state index is 12.9. The summed E-state index contributed by atoms with van der Waals surface area (Å²) in [7, 11) is 0. The number of hydrogen-bond donors (Lipinski definition) is 0. The van der Waals surface area contributed by atoms with E-state index in [0.29, 0.717) is 0 Å². The normalized spacial score (nSPS) is 20.2. The van der Waals surface area contributed by atoms with Crippen molar-refractivity contribution in [3.8, 4) is 0 Å². The van der Waals surface area contributed by atoms with Crippen LogP contribution in [0.5, 0.6) is 0 Å². The van der Waals surface area contributed by atoms with E-state index in [-0.39, 0.29) is 11.9 Å². The van der Waals surface area contributed by atoms with E-state index in [1.165, 1.54) is 0 Å². The van der Waals surface area contributed by atoms with Crippen LogP contribution < -0.4 is 5.01 Å². The number of carbonyl (C=O) groups excluding carboxylic acids is 1. The van der Waals surface area contributed by atoms with Gasteiger partial charge in [0.2, 0.25) is 0 Å². The molecule has 1 unspecified atom stereocenters. The maximum Gasteiger partial charge on any atom is 0.254 e. The predicted octanol–water partition coefficient (Wildman–Crippen LogP) is 2.77. The van der Waals surface area contributed by atoms with Crippen LogP contribution in [0, 0.1) is 0 Å². The third kappa shape index (κ3) is 3.29. The van der Waals surface area contributed by atoms with E-state index in [2.05, 4.69) is 10.2 Å². The first-order valence-electron chi connectivity index (χ1n) is 8.91. The molecule has 0 aliphatic carbocycles. The number of aromatic nitrogens is 2. The van der Waals surface area contributed by atoms with Crippen molar-refractivity contribution in [2.75, 3.05) is 18.1 Å². The number of hydrogen-bond acceptors (Lipinski definition) is 4. The van der Waals surface area contributed by atoms with E-state index in [1.807, 2.05) is 58.0 Å². The average molecular weight is 337 g/mol.